The Bertz CT molecular complexity index is 520. The molecule has 3 rings (SSSR count). The standard InChI is InChI=1S/C18H26ClNO2S/c1-13-7-18(22-11-13)23-17-9-15(19)8-16(10-17)21-12-14-3-5-20(2)6-4-14/h8-10,13-14,18H,3-7,11-12H2,1-2H3/t13-,18?/m1/s1. The van der Waals surface area contributed by atoms with Gasteiger partial charge in [0.25, 0.3) is 0 Å². The zero-order chi connectivity index (χ0) is 16.2. The second-order valence-corrected chi connectivity index (χ2v) is 8.57. The van der Waals surface area contributed by atoms with E-state index in [9.17, 15) is 0 Å². The highest BCUT2D eigenvalue weighted by molar-refractivity contribution is 7.99. The van der Waals surface area contributed by atoms with E-state index in [0.717, 1.165) is 35.3 Å². The minimum atomic E-state index is 0.241. The molecule has 0 radical (unpaired) electrons. The van der Waals surface area contributed by atoms with Crippen molar-refractivity contribution in [3.8, 4) is 5.75 Å². The van der Waals surface area contributed by atoms with Gasteiger partial charge in [-0.3, -0.25) is 0 Å². The lowest BCUT2D eigenvalue weighted by atomic mass is 9.98. The number of likely N-dealkylation sites (tertiary alicyclic amines) is 1. The average Bonchev–Trinajstić information content (AvgIpc) is 2.91. The Balaban J connectivity index is 1.54. The SMILES string of the molecule is C[C@H]1COC(Sc2cc(Cl)cc(OCC3CCN(C)CC3)c2)C1. The third kappa shape index (κ3) is 5.28. The normalized spacial score (nSPS) is 26.6. The monoisotopic (exact) mass is 355 g/mol. The van der Waals surface area contributed by atoms with Crippen LogP contribution in [0.3, 0.4) is 0 Å². The lowest BCUT2D eigenvalue weighted by Gasteiger charge is -2.28. The topological polar surface area (TPSA) is 21.7 Å². The maximum Gasteiger partial charge on any atom is 0.121 e. The summed E-state index contributed by atoms with van der Waals surface area (Å²) in [5, 5.41) is 0.736. The number of hydrogen-bond donors (Lipinski definition) is 0. The van der Waals surface area contributed by atoms with E-state index in [-0.39, 0.29) is 5.44 Å². The van der Waals surface area contributed by atoms with Crippen molar-refractivity contribution < 1.29 is 9.47 Å². The van der Waals surface area contributed by atoms with Gasteiger partial charge in [-0.25, -0.2) is 0 Å². The van der Waals surface area contributed by atoms with Gasteiger partial charge in [0, 0.05) is 9.92 Å². The molecule has 1 unspecified atom stereocenters. The lowest BCUT2D eigenvalue weighted by molar-refractivity contribution is 0.160. The van der Waals surface area contributed by atoms with Gasteiger partial charge in [0.05, 0.1) is 13.2 Å². The van der Waals surface area contributed by atoms with Gasteiger partial charge in [-0.2, -0.15) is 0 Å². The van der Waals surface area contributed by atoms with Crippen molar-refractivity contribution in [3.63, 3.8) is 0 Å². The Morgan fingerprint density at radius 1 is 1.30 bits per heavy atom. The molecule has 128 valence electrons. The highest BCUT2D eigenvalue weighted by atomic mass is 35.5. The van der Waals surface area contributed by atoms with Crippen LogP contribution in [-0.4, -0.2) is 43.7 Å². The molecule has 0 saturated carbocycles. The first-order chi connectivity index (χ1) is 11.1. The van der Waals surface area contributed by atoms with Gasteiger partial charge in [0.2, 0.25) is 0 Å². The number of thioether (sulfide) groups is 1. The zero-order valence-electron chi connectivity index (χ0n) is 14.0. The van der Waals surface area contributed by atoms with E-state index in [1.165, 1.54) is 25.9 Å². The fraction of sp³-hybridized carbons (Fsp3) is 0.667. The zero-order valence-corrected chi connectivity index (χ0v) is 15.5. The molecule has 0 bridgehead atoms. The van der Waals surface area contributed by atoms with Gasteiger partial charge in [0.15, 0.2) is 0 Å². The summed E-state index contributed by atoms with van der Waals surface area (Å²) in [6.07, 6.45) is 3.53. The summed E-state index contributed by atoms with van der Waals surface area (Å²) in [6, 6.07) is 6.01. The molecule has 1 aromatic rings. The average molecular weight is 356 g/mol. The van der Waals surface area contributed by atoms with Crippen LogP contribution in [0.2, 0.25) is 5.02 Å². The maximum absolute atomic E-state index is 6.26. The number of ether oxygens (including phenoxy) is 2. The molecule has 0 aromatic heterocycles. The highest BCUT2D eigenvalue weighted by Crippen LogP contribution is 2.36. The smallest absolute Gasteiger partial charge is 0.121 e. The molecule has 2 fully saturated rings. The summed E-state index contributed by atoms with van der Waals surface area (Å²) in [7, 11) is 2.18. The third-order valence-electron chi connectivity index (χ3n) is 4.60. The van der Waals surface area contributed by atoms with Crippen LogP contribution in [0.5, 0.6) is 5.75 Å². The summed E-state index contributed by atoms with van der Waals surface area (Å²) < 4.78 is 11.8. The predicted molar refractivity (Wildman–Crippen MR) is 96.5 cm³/mol. The molecule has 2 atom stereocenters. The van der Waals surface area contributed by atoms with Crippen LogP contribution in [-0.2, 0) is 4.74 Å². The van der Waals surface area contributed by atoms with Gasteiger partial charge in [-0.05, 0) is 69.4 Å². The predicted octanol–water partition coefficient (Wildman–Crippen LogP) is 4.54. The van der Waals surface area contributed by atoms with Gasteiger partial charge in [-0.1, -0.05) is 30.3 Å². The molecular formula is C18H26ClNO2S. The quantitative estimate of drug-likeness (QED) is 0.773. The number of piperidine rings is 1. The van der Waals surface area contributed by atoms with Gasteiger partial charge < -0.3 is 14.4 Å². The first-order valence-electron chi connectivity index (χ1n) is 8.48. The van der Waals surface area contributed by atoms with E-state index >= 15 is 0 Å². The van der Waals surface area contributed by atoms with Crippen LogP contribution in [0.25, 0.3) is 0 Å². The van der Waals surface area contributed by atoms with E-state index in [4.69, 9.17) is 21.1 Å². The summed E-state index contributed by atoms with van der Waals surface area (Å²) in [4.78, 5) is 3.52. The molecule has 0 spiro atoms. The Hall–Kier alpha value is -0.420. The third-order valence-corrected chi connectivity index (χ3v) is 5.92. The van der Waals surface area contributed by atoms with Crippen molar-refractivity contribution in [2.24, 2.45) is 11.8 Å². The van der Waals surface area contributed by atoms with Crippen LogP contribution in [0.15, 0.2) is 23.1 Å². The van der Waals surface area contributed by atoms with Crippen LogP contribution >= 0.6 is 23.4 Å². The van der Waals surface area contributed by atoms with E-state index < -0.39 is 0 Å². The Labute approximate surface area is 148 Å². The van der Waals surface area contributed by atoms with E-state index in [2.05, 4.69) is 24.9 Å². The van der Waals surface area contributed by atoms with Gasteiger partial charge in [-0.15, -0.1) is 0 Å². The Morgan fingerprint density at radius 3 is 2.78 bits per heavy atom. The lowest BCUT2D eigenvalue weighted by Crippen LogP contribution is -2.32. The van der Waals surface area contributed by atoms with Crippen LogP contribution in [0.1, 0.15) is 26.2 Å². The maximum atomic E-state index is 6.26. The number of rotatable bonds is 5. The van der Waals surface area contributed by atoms with Crippen molar-refractivity contribution in [1.29, 1.82) is 0 Å². The molecule has 0 amide bonds. The van der Waals surface area contributed by atoms with Gasteiger partial charge >= 0.3 is 0 Å². The second-order valence-electron chi connectivity index (χ2n) is 6.90. The molecule has 0 aliphatic carbocycles. The molecule has 2 aliphatic rings. The molecule has 2 heterocycles. The summed E-state index contributed by atoms with van der Waals surface area (Å²) in [6.45, 7) is 6.21. The Kier molecular flexibility index (Phi) is 6.13. The summed E-state index contributed by atoms with van der Waals surface area (Å²) in [5.74, 6) is 2.18. The van der Waals surface area contributed by atoms with Crippen LogP contribution < -0.4 is 4.74 Å². The van der Waals surface area contributed by atoms with Crippen molar-refractivity contribution in [2.45, 2.75) is 36.5 Å². The van der Waals surface area contributed by atoms with Gasteiger partial charge in [0.1, 0.15) is 11.2 Å². The molecular weight excluding hydrogens is 330 g/mol. The van der Waals surface area contributed by atoms with Crippen LogP contribution in [0.4, 0.5) is 0 Å². The molecule has 2 saturated heterocycles. The minimum absolute atomic E-state index is 0.241. The molecule has 2 aliphatic heterocycles. The van der Waals surface area contributed by atoms with E-state index in [1.54, 1.807) is 11.8 Å². The number of halogens is 1. The molecule has 1 aromatic carbocycles. The number of nitrogens with zero attached hydrogens (tertiary/aromatic N) is 1. The van der Waals surface area contributed by atoms with Crippen molar-refractivity contribution in [2.75, 3.05) is 33.4 Å². The minimum Gasteiger partial charge on any atom is -0.493 e. The first kappa shape index (κ1) is 17.4. The van der Waals surface area contributed by atoms with Crippen molar-refractivity contribution in [3.05, 3.63) is 23.2 Å². The Morgan fingerprint density at radius 2 is 2.09 bits per heavy atom. The molecule has 3 nitrogen and oxygen atoms in total. The number of hydrogen-bond acceptors (Lipinski definition) is 4. The summed E-state index contributed by atoms with van der Waals surface area (Å²) >= 11 is 8.02. The molecule has 0 N–H and O–H groups in total. The number of benzene rings is 1. The first-order valence-corrected chi connectivity index (χ1v) is 9.74. The fourth-order valence-electron chi connectivity index (χ4n) is 3.10. The molecule has 5 heteroatoms. The molecule has 23 heavy (non-hydrogen) atoms. The van der Waals surface area contributed by atoms with E-state index in [0.29, 0.717) is 11.8 Å². The second kappa shape index (κ2) is 8.11. The summed E-state index contributed by atoms with van der Waals surface area (Å²) in [5.41, 5.74) is 0.241. The van der Waals surface area contributed by atoms with Crippen molar-refractivity contribution >= 4 is 23.4 Å². The highest BCUT2D eigenvalue weighted by Gasteiger charge is 2.23. The fourth-order valence-corrected chi connectivity index (χ4v) is 4.65. The van der Waals surface area contributed by atoms with Crippen molar-refractivity contribution in [1.82, 2.24) is 4.90 Å². The van der Waals surface area contributed by atoms with E-state index in [1.807, 2.05) is 12.1 Å². The largest absolute Gasteiger partial charge is 0.493 e. The van der Waals surface area contributed by atoms with Crippen LogP contribution in [0, 0.1) is 11.8 Å².